The van der Waals surface area contributed by atoms with Gasteiger partial charge in [0.25, 0.3) is 0 Å². The Morgan fingerprint density at radius 3 is 2.03 bits per heavy atom. The van der Waals surface area contributed by atoms with Crippen LogP contribution < -0.4 is 0 Å². The first-order valence-electron chi connectivity index (χ1n) is 10.4. The minimum Gasteiger partial charge on any atom is -0.475 e. The molecule has 0 bridgehead atoms. The van der Waals surface area contributed by atoms with Crippen LogP contribution in [0.15, 0.2) is 16.8 Å². The van der Waals surface area contributed by atoms with Crippen molar-refractivity contribution in [1.29, 1.82) is 0 Å². The Labute approximate surface area is 205 Å². The standard InChI is InChI=1S/C16H22N4OS.2C2HF3O2/c1-18-16-11-20(8-13-2-7-22-12-13)9-14(16)15(17-18)10-19-3-5-21-6-4-19;2*3-2(4,5)1(6)7/h2,7,12H,3-6,8-11H2,1H3;2*(H,6,7). The molecule has 2 aliphatic rings. The van der Waals surface area contributed by atoms with Crippen molar-refractivity contribution >= 4 is 23.3 Å². The number of alkyl halides is 6. The van der Waals surface area contributed by atoms with Gasteiger partial charge in [0.2, 0.25) is 0 Å². The van der Waals surface area contributed by atoms with Gasteiger partial charge in [-0.3, -0.25) is 14.5 Å². The lowest BCUT2D eigenvalue weighted by atomic mass is 10.2. The quantitative estimate of drug-likeness (QED) is 0.564. The van der Waals surface area contributed by atoms with Crippen molar-refractivity contribution in [3.8, 4) is 0 Å². The molecule has 0 unspecified atom stereocenters. The van der Waals surface area contributed by atoms with Gasteiger partial charge in [-0.25, -0.2) is 9.59 Å². The average Bonchev–Trinajstić information content (AvgIpc) is 3.49. The van der Waals surface area contributed by atoms with Crippen molar-refractivity contribution in [2.45, 2.75) is 38.5 Å². The van der Waals surface area contributed by atoms with Gasteiger partial charge in [0.05, 0.1) is 24.6 Å². The molecular weight excluding hydrogens is 522 g/mol. The molecule has 2 aromatic heterocycles. The fraction of sp³-hybridized carbons (Fsp3) is 0.550. The molecule has 36 heavy (non-hydrogen) atoms. The fourth-order valence-corrected chi connectivity index (χ4v) is 4.05. The van der Waals surface area contributed by atoms with Crippen LogP contribution in [0, 0.1) is 0 Å². The molecule has 0 aromatic carbocycles. The predicted octanol–water partition coefficient (Wildman–Crippen LogP) is 3.10. The van der Waals surface area contributed by atoms with Gasteiger partial charge in [-0.05, 0) is 22.4 Å². The number of aromatic nitrogens is 2. The molecule has 2 N–H and O–H groups in total. The number of nitrogens with zero attached hydrogens (tertiary/aromatic N) is 4. The van der Waals surface area contributed by atoms with Crippen molar-refractivity contribution in [1.82, 2.24) is 19.6 Å². The molecule has 0 radical (unpaired) electrons. The Hall–Kier alpha value is -2.69. The number of halogens is 6. The van der Waals surface area contributed by atoms with Crippen LogP contribution in [0.3, 0.4) is 0 Å². The Morgan fingerprint density at radius 1 is 1.00 bits per heavy atom. The number of aryl methyl sites for hydroxylation is 1. The smallest absolute Gasteiger partial charge is 0.475 e. The summed E-state index contributed by atoms with van der Waals surface area (Å²) in [7, 11) is 2.08. The molecule has 9 nitrogen and oxygen atoms in total. The summed E-state index contributed by atoms with van der Waals surface area (Å²) in [5.41, 5.74) is 5.51. The first kappa shape index (κ1) is 29.5. The summed E-state index contributed by atoms with van der Waals surface area (Å²) in [5, 5.41) is 23.4. The molecule has 0 spiro atoms. The van der Waals surface area contributed by atoms with Crippen LogP contribution in [0.4, 0.5) is 26.3 Å². The molecule has 0 atom stereocenters. The Balaban J connectivity index is 0.000000271. The second kappa shape index (κ2) is 12.5. The zero-order valence-electron chi connectivity index (χ0n) is 19.0. The van der Waals surface area contributed by atoms with E-state index in [4.69, 9.17) is 29.6 Å². The number of rotatable bonds is 4. The molecular formula is C20H24F6N4O5S. The highest BCUT2D eigenvalue weighted by atomic mass is 32.1. The number of morpholine rings is 1. The summed E-state index contributed by atoms with van der Waals surface area (Å²) in [6, 6.07) is 2.22. The summed E-state index contributed by atoms with van der Waals surface area (Å²) in [5.74, 6) is -5.51. The average molecular weight is 546 g/mol. The van der Waals surface area contributed by atoms with Crippen LogP contribution in [0.2, 0.25) is 0 Å². The maximum absolute atomic E-state index is 10.6. The minimum atomic E-state index is -5.08. The molecule has 202 valence electrons. The zero-order valence-corrected chi connectivity index (χ0v) is 19.8. The van der Waals surface area contributed by atoms with E-state index in [-0.39, 0.29) is 0 Å². The summed E-state index contributed by atoms with van der Waals surface area (Å²) in [6.45, 7) is 7.76. The lowest BCUT2D eigenvalue weighted by molar-refractivity contribution is -0.193. The summed E-state index contributed by atoms with van der Waals surface area (Å²) < 4.78 is 71.0. The predicted molar refractivity (Wildman–Crippen MR) is 114 cm³/mol. The highest BCUT2D eigenvalue weighted by Gasteiger charge is 2.38. The first-order valence-corrected chi connectivity index (χ1v) is 11.3. The van der Waals surface area contributed by atoms with E-state index in [0.29, 0.717) is 0 Å². The highest BCUT2D eigenvalue weighted by Crippen LogP contribution is 2.28. The number of aliphatic carboxylic acids is 2. The second-order valence-corrected chi connectivity index (χ2v) is 8.55. The molecule has 2 aliphatic heterocycles. The van der Waals surface area contributed by atoms with Gasteiger partial charge in [-0.1, -0.05) is 0 Å². The van der Waals surface area contributed by atoms with Crippen LogP contribution in [-0.4, -0.2) is 80.4 Å². The highest BCUT2D eigenvalue weighted by molar-refractivity contribution is 7.07. The SMILES string of the molecule is Cn1nc(CN2CCOCC2)c2c1CN(Cc1ccsc1)C2.O=C(O)C(F)(F)F.O=C(O)C(F)(F)F. The summed E-state index contributed by atoms with van der Waals surface area (Å²) in [6.07, 6.45) is -10.2. The van der Waals surface area contributed by atoms with Crippen LogP contribution in [0.5, 0.6) is 0 Å². The van der Waals surface area contributed by atoms with Crippen molar-refractivity contribution in [2.24, 2.45) is 7.05 Å². The molecule has 1 saturated heterocycles. The zero-order chi connectivity index (χ0) is 27.1. The van der Waals surface area contributed by atoms with Gasteiger partial charge < -0.3 is 14.9 Å². The molecule has 16 heteroatoms. The topological polar surface area (TPSA) is 108 Å². The lowest BCUT2D eigenvalue weighted by Crippen LogP contribution is -2.36. The maximum Gasteiger partial charge on any atom is 0.490 e. The monoisotopic (exact) mass is 546 g/mol. The minimum absolute atomic E-state index is 0.847. The van der Waals surface area contributed by atoms with E-state index in [2.05, 4.69) is 38.4 Å². The lowest BCUT2D eigenvalue weighted by Gasteiger charge is -2.26. The number of ether oxygens (including phenoxy) is 1. The van der Waals surface area contributed by atoms with E-state index >= 15 is 0 Å². The normalized spacial score (nSPS) is 16.4. The largest absolute Gasteiger partial charge is 0.490 e. The fourth-order valence-electron chi connectivity index (χ4n) is 3.39. The molecule has 4 heterocycles. The van der Waals surface area contributed by atoms with Crippen molar-refractivity contribution in [2.75, 3.05) is 26.3 Å². The number of fused-ring (bicyclic) bond motifs is 1. The van der Waals surface area contributed by atoms with Gasteiger partial charge >= 0.3 is 24.3 Å². The Bertz CT molecular complexity index is 980. The molecule has 4 rings (SSSR count). The van der Waals surface area contributed by atoms with E-state index in [9.17, 15) is 26.3 Å². The number of hydrogen-bond acceptors (Lipinski definition) is 7. The molecule has 2 aromatic rings. The van der Waals surface area contributed by atoms with E-state index in [0.717, 1.165) is 52.5 Å². The van der Waals surface area contributed by atoms with Crippen LogP contribution in [0.1, 0.15) is 22.5 Å². The van der Waals surface area contributed by atoms with E-state index in [1.807, 2.05) is 0 Å². The molecule has 0 saturated carbocycles. The van der Waals surface area contributed by atoms with Crippen LogP contribution >= 0.6 is 11.3 Å². The van der Waals surface area contributed by atoms with Crippen molar-refractivity contribution in [3.63, 3.8) is 0 Å². The number of carboxylic acids is 2. The van der Waals surface area contributed by atoms with Gasteiger partial charge in [-0.15, -0.1) is 0 Å². The summed E-state index contributed by atoms with van der Waals surface area (Å²) >= 11 is 1.78. The number of carbonyl (C=O) groups is 2. The van der Waals surface area contributed by atoms with Gasteiger partial charge in [0.1, 0.15) is 0 Å². The third-order valence-corrected chi connectivity index (χ3v) is 5.79. The Kier molecular flexibility index (Phi) is 10.3. The third-order valence-electron chi connectivity index (χ3n) is 5.06. The number of carboxylic acid groups (broad SMARTS) is 2. The molecule has 1 fully saturated rings. The van der Waals surface area contributed by atoms with Gasteiger partial charge in [0, 0.05) is 51.9 Å². The van der Waals surface area contributed by atoms with E-state index in [1.165, 1.54) is 22.5 Å². The first-order chi connectivity index (χ1) is 16.7. The summed E-state index contributed by atoms with van der Waals surface area (Å²) in [4.78, 5) is 22.8. The Morgan fingerprint density at radius 2 is 1.56 bits per heavy atom. The van der Waals surface area contributed by atoms with Gasteiger partial charge in [0.15, 0.2) is 0 Å². The number of thiophene rings is 1. The molecule has 0 amide bonds. The van der Waals surface area contributed by atoms with Crippen molar-refractivity contribution in [3.05, 3.63) is 39.3 Å². The number of hydrogen-bond donors (Lipinski definition) is 2. The van der Waals surface area contributed by atoms with Crippen LogP contribution in [0.25, 0.3) is 0 Å². The van der Waals surface area contributed by atoms with E-state index < -0.39 is 24.3 Å². The maximum atomic E-state index is 10.6. The van der Waals surface area contributed by atoms with E-state index in [1.54, 1.807) is 11.3 Å². The van der Waals surface area contributed by atoms with Gasteiger partial charge in [-0.2, -0.15) is 42.8 Å². The van der Waals surface area contributed by atoms with Crippen molar-refractivity contribution < 1.29 is 50.9 Å². The third kappa shape index (κ3) is 9.07. The molecule has 0 aliphatic carbocycles. The second-order valence-electron chi connectivity index (χ2n) is 7.77. The van der Waals surface area contributed by atoms with Crippen LogP contribution in [-0.2, 0) is 47.6 Å².